The maximum absolute atomic E-state index is 4.23. The highest BCUT2D eigenvalue weighted by atomic mass is 15.3. The van der Waals surface area contributed by atoms with E-state index < -0.39 is 0 Å². The van der Waals surface area contributed by atoms with E-state index in [0.29, 0.717) is 6.04 Å². The molecule has 0 radical (unpaired) electrons. The van der Waals surface area contributed by atoms with Crippen LogP contribution in [0.5, 0.6) is 0 Å². The van der Waals surface area contributed by atoms with Gasteiger partial charge in [-0.2, -0.15) is 0 Å². The Morgan fingerprint density at radius 1 is 1.28 bits per heavy atom. The van der Waals surface area contributed by atoms with Gasteiger partial charge in [-0.05, 0) is 32.7 Å². The second kappa shape index (κ2) is 6.29. The molecule has 1 fully saturated rings. The average molecular weight is 251 g/mol. The molecule has 1 aliphatic rings. The zero-order valence-corrected chi connectivity index (χ0v) is 11.8. The molecule has 0 atom stereocenters. The molecule has 5 nitrogen and oxygen atoms in total. The molecule has 0 bridgehead atoms. The Labute approximate surface area is 110 Å². The van der Waals surface area contributed by atoms with Gasteiger partial charge in [-0.3, -0.25) is 4.90 Å². The fourth-order valence-corrected chi connectivity index (χ4v) is 2.43. The van der Waals surface area contributed by atoms with Crippen molar-refractivity contribution >= 4 is 0 Å². The number of aryl methyl sites for hydroxylation is 1. The first-order chi connectivity index (χ1) is 8.70. The van der Waals surface area contributed by atoms with E-state index in [1.807, 2.05) is 14.0 Å². The van der Waals surface area contributed by atoms with Crippen LogP contribution >= 0.6 is 0 Å². The van der Waals surface area contributed by atoms with E-state index in [0.717, 1.165) is 37.8 Å². The summed E-state index contributed by atoms with van der Waals surface area (Å²) >= 11 is 0. The lowest BCUT2D eigenvalue weighted by atomic mass is 10.1. The molecule has 1 aromatic rings. The summed E-state index contributed by atoms with van der Waals surface area (Å²) in [5, 5.41) is 12.0. The smallest absolute Gasteiger partial charge is 0.146 e. The molecular formula is C13H25N5. The molecule has 2 rings (SSSR count). The predicted molar refractivity (Wildman–Crippen MR) is 72.3 cm³/mol. The summed E-state index contributed by atoms with van der Waals surface area (Å²) in [5.74, 6) is 2.07. The minimum Gasteiger partial charge on any atom is -0.317 e. The second-order valence-electron chi connectivity index (χ2n) is 5.23. The van der Waals surface area contributed by atoms with Crippen molar-refractivity contribution in [1.29, 1.82) is 0 Å². The zero-order chi connectivity index (χ0) is 13.0. The third-order valence-electron chi connectivity index (χ3n) is 3.82. The molecule has 1 aromatic heterocycles. The number of hydrogen-bond acceptors (Lipinski definition) is 4. The number of hydrogen-bond donors (Lipinski definition) is 1. The Morgan fingerprint density at radius 2 is 2.00 bits per heavy atom. The monoisotopic (exact) mass is 251 g/mol. The Hall–Kier alpha value is -0.940. The van der Waals surface area contributed by atoms with Crippen LogP contribution in [-0.2, 0) is 13.6 Å². The van der Waals surface area contributed by atoms with E-state index in [1.165, 1.54) is 19.3 Å². The van der Waals surface area contributed by atoms with Gasteiger partial charge in [0.1, 0.15) is 11.6 Å². The van der Waals surface area contributed by atoms with Crippen molar-refractivity contribution in [3.8, 4) is 0 Å². The molecule has 18 heavy (non-hydrogen) atoms. The van der Waals surface area contributed by atoms with Gasteiger partial charge in [-0.25, -0.2) is 0 Å². The molecule has 0 aromatic carbocycles. The summed E-state index contributed by atoms with van der Waals surface area (Å²) in [6.45, 7) is 8.61. The highest BCUT2D eigenvalue weighted by Gasteiger charge is 2.19. The fraction of sp³-hybridized carbons (Fsp3) is 0.846. The van der Waals surface area contributed by atoms with Crippen molar-refractivity contribution in [2.45, 2.75) is 45.7 Å². The van der Waals surface area contributed by atoms with Crippen LogP contribution in [0.2, 0.25) is 0 Å². The summed E-state index contributed by atoms with van der Waals surface area (Å²) in [7, 11) is 2.04. The third-order valence-corrected chi connectivity index (χ3v) is 3.82. The molecule has 5 heteroatoms. The lowest BCUT2D eigenvalue weighted by molar-refractivity contribution is 0.185. The summed E-state index contributed by atoms with van der Waals surface area (Å²) in [5.41, 5.74) is 0. The third kappa shape index (κ3) is 3.29. The molecular weight excluding hydrogens is 226 g/mol. The molecule has 1 aliphatic heterocycles. The predicted octanol–water partition coefficient (Wildman–Crippen LogP) is 1.09. The van der Waals surface area contributed by atoms with Gasteiger partial charge < -0.3 is 9.88 Å². The van der Waals surface area contributed by atoms with Gasteiger partial charge in [-0.15, -0.1) is 10.2 Å². The maximum atomic E-state index is 4.23. The van der Waals surface area contributed by atoms with Crippen LogP contribution in [0.15, 0.2) is 0 Å². The standard InChI is InChI=1S/C13H25N5/c1-4-7-14-12-5-8-18(9-6-12)10-13-16-15-11(2)17(13)3/h12,14H,4-10H2,1-3H3. The highest BCUT2D eigenvalue weighted by Crippen LogP contribution is 2.13. The Balaban J connectivity index is 1.78. The molecule has 0 amide bonds. The van der Waals surface area contributed by atoms with Crippen LogP contribution in [0, 0.1) is 6.92 Å². The van der Waals surface area contributed by atoms with Gasteiger partial charge in [0.2, 0.25) is 0 Å². The molecule has 0 unspecified atom stereocenters. The van der Waals surface area contributed by atoms with Crippen LogP contribution in [-0.4, -0.2) is 45.3 Å². The Bertz CT molecular complexity index is 365. The first-order valence-electron chi connectivity index (χ1n) is 7.01. The summed E-state index contributed by atoms with van der Waals surface area (Å²) in [6.07, 6.45) is 3.71. The molecule has 102 valence electrons. The van der Waals surface area contributed by atoms with E-state index in [-0.39, 0.29) is 0 Å². The van der Waals surface area contributed by atoms with Crippen molar-refractivity contribution in [3.05, 3.63) is 11.6 Å². The molecule has 1 N–H and O–H groups in total. The van der Waals surface area contributed by atoms with Gasteiger partial charge in [0, 0.05) is 26.2 Å². The van der Waals surface area contributed by atoms with E-state index in [2.05, 4.69) is 31.9 Å². The van der Waals surface area contributed by atoms with Crippen molar-refractivity contribution in [1.82, 2.24) is 25.0 Å². The zero-order valence-electron chi connectivity index (χ0n) is 11.8. The maximum Gasteiger partial charge on any atom is 0.146 e. The largest absolute Gasteiger partial charge is 0.317 e. The average Bonchev–Trinajstić information content (AvgIpc) is 2.70. The fourth-order valence-electron chi connectivity index (χ4n) is 2.43. The summed E-state index contributed by atoms with van der Waals surface area (Å²) in [6, 6.07) is 0.711. The van der Waals surface area contributed by atoms with Crippen LogP contribution in [0.4, 0.5) is 0 Å². The second-order valence-corrected chi connectivity index (χ2v) is 5.23. The van der Waals surface area contributed by atoms with E-state index in [1.54, 1.807) is 0 Å². The van der Waals surface area contributed by atoms with E-state index in [9.17, 15) is 0 Å². The molecule has 2 heterocycles. The number of aromatic nitrogens is 3. The van der Waals surface area contributed by atoms with E-state index in [4.69, 9.17) is 0 Å². The van der Waals surface area contributed by atoms with Crippen LogP contribution in [0.3, 0.4) is 0 Å². The Kier molecular flexibility index (Phi) is 4.72. The molecule has 0 spiro atoms. The molecule has 1 saturated heterocycles. The minimum absolute atomic E-state index is 0.711. The first kappa shape index (κ1) is 13.5. The van der Waals surface area contributed by atoms with Gasteiger partial charge in [0.25, 0.3) is 0 Å². The number of piperidine rings is 1. The van der Waals surface area contributed by atoms with Crippen molar-refractivity contribution < 1.29 is 0 Å². The van der Waals surface area contributed by atoms with Gasteiger partial charge in [0.15, 0.2) is 0 Å². The van der Waals surface area contributed by atoms with Crippen molar-refractivity contribution in [2.24, 2.45) is 7.05 Å². The molecule has 0 saturated carbocycles. The lowest BCUT2D eigenvalue weighted by Crippen LogP contribution is -2.42. The van der Waals surface area contributed by atoms with Gasteiger partial charge in [-0.1, -0.05) is 6.92 Å². The van der Waals surface area contributed by atoms with Gasteiger partial charge in [0.05, 0.1) is 6.54 Å². The summed E-state index contributed by atoms with van der Waals surface area (Å²) in [4.78, 5) is 2.48. The summed E-state index contributed by atoms with van der Waals surface area (Å²) < 4.78 is 2.08. The minimum atomic E-state index is 0.711. The molecule has 0 aliphatic carbocycles. The number of nitrogens with one attached hydrogen (secondary N) is 1. The number of rotatable bonds is 5. The topological polar surface area (TPSA) is 46.0 Å². The number of nitrogens with zero attached hydrogens (tertiary/aromatic N) is 4. The lowest BCUT2D eigenvalue weighted by Gasteiger charge is -2.32. The van der Waals surface area contributed by atoms with Crippen LogP contribution in [0.1, 0.15) is 37.8 Å². The highest BCUT2D eigenvalue weighted by molar-refractivity contribution is 4.93. The van der Waals surface area contributed by atoms with Gasteiger partial charge >= 0.3 is 0 Å². The van der Waals surface area contributed by atoms with Crippen LogP contribution in [0.25, 0.3) is 0 Å². The normalized spacial score (nSPS) is 18.4. The van der Waals surface area contributed by atoms with Crippen molar-refractivity contribution in [2.75, 3.05) is 19.6 Å². The van der Waals surface area contributed by atoms with E-state index >= 15 is 0 Å². The van der Waals surface area contributed by atoms with Crippen LogP contribution < -0.4 is 5.32 Å². The first-order valence-corrected chi connectivity index (χ1v) is 7.01. The van der Waals surface area contributed by atoms with Crippen molar-refractivity contribution in [3.63, 3.8) is 0 Å². The SMILES string of the molecule is CCCNC1CCN(Cc2nnc(C)n2C)CC1. The number of likely N-dealkylation sites (tertiary alicyclic amines) is 1. The Morgan fingerprint density at radius 3 is 2.56 bits per heavy atom. The quantitative estimate of drug-likeness (QED) is 0.851.